The van der Waals surface area contributed by atoms with Gasteiger partial charge in [0.25, 0.3) is 0 Å². The van der Waals surface area contributed by atoms with Gasteiger partial charge >= 0.3 is 0 Å². The van der Waals surface area contributed by atoms with E-state index in [0.29, 0.717) is 6.54 Å². The van der Waals surface area contributed by atoms with E-state index < -0.39 is 0 Å². The average molecular weight is 668 g/mol. The molecule has 4 nitrogen and oxygen atoms in total. The molecule has 0 saturated heterocycles. The third-order valence-corrected chi connectivity index (χ3v) is 10.7. The fourth-order valence-electron chi connectivity index (χ4n) is 8.27. The van der Waals surface area contributed by atoms with Gasteiger partial charge in [0.2, 0.25) is 11.6 Å². The van der Waals surface area contributed by atoms with Gasteiger partial charge in [0.05, 0.1) is 17.7 Å². The van der Waals surface area contributed by atoms with Crippen molar-refractivity contribution in [1.29, 1.82) is 0 Å². The van der Waals surface area contributed by atoms with Gasteiger partial charge in [-0.1, -0.05) is 107 Å². The van der Waals surface area contributed by atoms with Gasteiger partial charge in [0.1, 0.15) is 6.54 Å². The van der Waals surface area contributed by atoms with Gasteiger partial charge in [-0.3, -0.25) is 4.79 Å². The van der Waals surface area contributed by atoms with Crippen molar-refractivity contribution in [3.8, 4) is 0 Å². The molecule has 3 aromatic rings. The molecule has 0 aromatic heterocycles. The fourth-order valence-corrected chi connectivity index (χ4v) is 8.27. The molecule has 0 unspecified atom stereocenters. The maximum Gasteiger partial charge on any atom is 0.224 e. The highest BCUT2D eigenvalue weighted by molar-refractivity contribution is 6.03. The second-order valence-corrected chi connectivity index (χ2v) is 14.9. The Hall–Kier alpha value is -4.44. The number of carbonyl (C=O) groups is 1. The van der Waals surface area contributed by atoms with Crippen LogP contribution in [0.25, 0.3) is 0 Å². The van der Waals surface area contributed by atoms with Crippen molar-refractivity contribution < 1.29 is 9.37 Å². The van der Waals surface area contributed by atoms with Crippen LogP contribution in [0.15, 0.2) is 126 Å². The molecule has 0 spiro atoms. The molecular weight excluding hydrogens is 611 g/mol. The predicted molar refractivity (Wildman–Crippen MR) is 212 cm³/mol. The van der Waals surface area contributed by atoms with E-state index in [9.17, 15) is 4.79 Å². The zero-order valence-corrected chi connectivity index (χ0v) is 31.7. The molecule has 262 valence electrons. The van der Waals surface area contributed by atoms with Gasteiger partial charge in [-0.2, -0.15) is 4.58 Å². The Labute approximate surface area is 302 Å². The number of carbonyl (C=O) groups excluding carboxylic acids is 1. The fraction of sp³-hybridized carbons (Fsp3) is 0.370. The van der Waals surface area contributed by atoms with Crippen LogP contribution in [-0.2, 0) is 22.2 Å². The van der Waals surface area contributed by atoms with Crippen LogP contribution in [0.5, 0.6) is 0 Å². The van der Waals surface area contributed by atoms with Gasteiger partial charge in [-0.15, -0.1) is 0 Å². The average Bonchev–Trinajstić information content (AvgIpc) is 3.44. The molecule has 50 heavy (non-hydrogen) atoms. The number of para-hydroxylation sites is 2. The van der Waals surface area contributed by atoms with Crippen LogP contribution in [0.3, 0.4) is 0 Å². The van der Waals surface area contributed by atoms with E-state index in [1.807, 2.05) is 11.0 Å². The Morgan fingerprint density at radius 3 is 2.20 bits per heavy atom. The highest BCUT2D eigenvalue weighted by atomic mass is 16.2. The van der Waals surface area contributed by atoms with Crippen LogP contribution in [0, 0.1) is 7.43 Å². The van der Waals surface area contributed by atoms with E-state index in [1.165, 1.54) is 45.1 Å². The molecule has 0 bridgehead atoms. The molecule has 1 amide bonds. The number of hydrogen-bond donors (Lipinski definition) is 0. The molecule has 2 aliphatic heterocycles. The summed E-state index contributed by atoms with van der Waals surface area (Å²) in [5, 5.41) is 0. The van der Waals surface area contributed by atoms with E-state index in [1.54, 1.807) is 6.92 Å². The molecule has 2 heterocycles. The van der Waals surface area contributed by atoms with Crippen molar-refractivity contribution in [2.75, 3.05) is 18.0 Å². The molecule has 3 aliphatic rings. The first-order valence-electron chi connectivity index (χ1n) is 18.4. The lowest BCUT2D eigenvalue weighted by Gasteiger charge is -2.32. The van der Waals surface area contributed by atoms with E-state index in [0.717, 1.165) is 56.5 Å². The summed E-state index contributed by atoms with van der Waals surface area (Å²) < 4.78 is 2.50. The van der Waals surface area contributed by atoms with Crippen LogP contribution in [0.1, 0.15) is 97.3 Å². The Morgan fingerprint density at radius 1 is 0.820 bits per heavy atom. The normalized spacial score (nSPS) is 19.3. The van der Waals surface area contributed by atoms with Crippen LogP contribution in [0.2, 0.25) is 0 Å². The van der Waals surface area contributed by atoms with Gasteiger partial charge in [-0.05, 0) is 73.9 Å². The van der Waals surface area contributed by atoms with E-state index in [-0.39, 0.29) is 24.2 Å². The third-order valence-electron chi connectivity index (χ3n) is 10.7. The third kappa shape index (κ3) is 6.82. The Morgan fingerprint density at radius 2 is 1.50 bits per heavy atom. The molecule has 0 fully saturated rings. The lowest BCUT2D eigenvalue weighted by molar-refractivity contribution is -0.437. The lowest BCUT2D eigenvalue weighted by Crippen LogP contribution is -2.31. The number of fused-ring (bicyclic) bond motifs is 2. The number of nitrogens with zero attached hydrogens (tertiary/aromatic N) is 3. The van der Waals surface area contributed by atoms with Crippen molar-refractivity contribution >= 4 is 23.0 Å². The molecule has 3 aromatic carbocycles. The number of allylic oxidation sites excluding steroid dienone is 7. The molecule has 1 aliphatic carbocycles. The molecule has 0 N–H and O–H groups in total. The summed E-state index contributed by atoms with van der Waals surface area (Å²) in [5.41, 5.74) is 12.4. The van der Waals surface area contributed by atoms with Crippen molar-refractivity contribution in [3.63, 3.8) is 0 Å². The van der Waals surface area contributed by atoms with Gasteiger partial charge in [-0.25, -0.2) is 0 Å². The summed E-state index contributed by atoms with van der Waals surface area (Å²) >= 11 is 0. The predicted octanol–water partition coefficient (Wildman–Crippen LogP) is 11.0. The summed E-state index contributed by atoms with van der Waals surface area (Å²) in [6.07, 6.45) is 14.4. The highest BCUT2D eigenvalue weighted by Crippen LogP contribution is 2.48. The Bertz CT molecular complexity index is 1870. The zero-order valence-electron chi connectivity index (χ0n) is 31.7. The Balaban J connectivity index is 0.00000486. The van der Waals surface area contributed by atoms with Gasteiger partial charge in [0, 0.05) is 54.4 Å². The number of benzene rings is 3. The van der Waals surface area contributed by atoms with Gasteiger partial charge in [0.15, 0.2) is 5.71 Å². The number of anilines is 1. The summed E-state index contributed by atoms with van der Waals surface area (Å²) in [6.45, 7) is 18.1. The summed E-state index contributed by atoms with van der Waals surface area (Å²) in [7, 11) is 0. The van der Waals surface area contributed by atoms with E-state index in [4.69, 9.17) is 0 Å². The minimum absolute atomic E-state index is 0. The largest absolute Gasteiger partial charge is 0.358 e. The second-order valence-electron chi connectivity index (χ2n) is 14.9. The first-order chi connectivity index (χ1) is 23.6. The molecule has 0 saturated carbocycles. The number of hydrogen-bond acceptors (Lipinski definition) is 2. The topological polar surface area (TPSA) is 26.6 Å². The summed E-state index contributed by atoms with van der Waals surface area (Å²) in [4.78, 5) is 18.2. The molecule has 6 rings (SSSR count). The molecule has 0 radical (unpaired) electrons. The first-order valence-corrected chi connectivity index (χ1v) is 18.4. The maximum absolute atomic E-state index is 13.6. The van der Waals surface area contributed by atoms with E-state index >= 15 is 0 Å². The van der Waals surface area contributed by atoms with Crippen molar-refractivity contribution in [2.45, 2.75) is 97.9 Å². The molecular formula is C46H57N3O. The minimum Gasteiger partial charge on any atom is -0.358 e. The lowest BCUT2D eigenvalue weighted by atomic mass is 9.81. The number of amides is 1. The van der Waals surface area contributed by atoms with Crippen LogP contribution in [0.4, 0.5) is 11.4 Å². The van der Waals surface area contributed by atoms with Crippen LogP contribution in [-0.4, -0.2) is 34.2 Å². The first kappa shape index (κ1) is 36.8. The standard InChI is InChI=1S/C45H54N3O.CH3/c1-8-30-46-39-24-15-13-22-37(39)44(4,5)41(46)28-26-35-20-17-21-36(43(35)48(33(3)49)32-34-18-11-10-12-19-34)27-29-42-45(6,7)38-23-14-16-25-40(38)47(42)31-9-2;/h10-16,18-19,22-29H,8-9,17,20-21,30-32H2,1-7H3;1H3/q+1;-1. The van der Waals surface area contributed by atoms with Crippen molar-refractivity contribution in [2.24, 2.45) is 0 Å². The quantitative estimate of drug-likeness (QED) is 0.159. The molecule has 0 atom stereocenters. The summed E-state index contributed by atoms with van der Waals surface area (Å²) in [6, 6.07) is 28.1. The Kier molecular flexibility index (Phi) is 11.2. The SMILES string of the molecule is CCCN1/C(=C/C=C2\CCCC(/C=C/C3=[N+](CCC)c4ccccc4C3(C)C)=C2N(Cc2ccccc2)C(C)=O)C(C)(C)c2ccccc21.[CH3-]. The summed E-state index contributed by atoms with van der Waals surface area (Å²) in [5.74, 6) is 0.0697. The smallest absolute Gasteiger partial charge is 0.224 e. The zero-order chi connectivity index (χ0) is 34.8. The monoisotopic (exact) mass is 667 g/mol. The molecule has 4 heteroatoms. The minimum atomic E-state index is -0.114. The van der Waals surface area contributed by atoms with Crippen molar-refractivity contribution in [3.05, 3.63) is 150 Å². The van der Waals surface area contributed by atoms with Gasteiger partial charge < -0.3 is 17.2 Å². The number of rotatable bonds is 10. The van der Waals surface area contributed by atoms with E-state index in [2.05, 4.69) is 148 Å². The second kappa shape index (κ2) is 15.2. The van der Waals surface area contributed by atoms with Crippen molar-refractivity contribution in [1.82, 2.24) is 4.90 Å². The highest BCUT2D eigenvalue weighted by Gasteiger charge is 2.44. The van der Waals surface area contributed by atoms with Crippen LogP contribution >= 0.6 is 0 Å². The maximum atomic E-state index is 13.6. The van der Waals surface area contributed by atoms with Crippen LogP contribution < -0.4 is 4.90 Å².